The summed E-state index contributed by atoms with van der Waals surface area (Å²) < 4.78 is 11.5. The van der Waals surface area contributed by atoms with Crippen molar-refractivity contribution in [1.82, 2.24) is 5.43 Å². The molecular formula is C17H15BrN2O3. The molecule has 0 aromatic heterocycles. The SMILES string of the molecule is CC/C(=N/NC(=O)c1ccc2c(c1)OCO2)c1cccc(Br)c1. The Hall–Kier alpha value is -2.34. The van der Waals surface area contributed by atoms with Crippen LogP contribution in [-0.2, 0) is 0 Å². The number of nitrogens with zero attached hydrogens (tertiary/aromatic N) is 1. The normalized spacial score (nSPS) is 13.0. The maximum atomic E-state index is 12.2. The van der Waals surface area contributed by atoms with E-state index in [4.69, 9.17) is 9.47 Å². The van der Waals surface area contributed by atoms with Crippen molar-refractivity contribution >= 4 is 27.5 Å². The highest BCUT2D eigenvalue weighted by Gasteiger charge is 2.16. The summed E-state index contributed by atoms with van der Waals surface area (Å²) in [6.07, 6.45) is 0.706. The number of nitrogens with one attached hydrogen (secondary N) is 1. The molecule has 0 radical (unpaired) electrons. The summed E-state index contributed by atoms with van der Waals surface area (Å²) in [5, 5.41) is 4.25. The topological polar surface area (TPSA) is 59.9 Å². The van der Waals surface area contributed by atoms with E-state index in [1.54, 1.807) is 18.2 Å². The molecule has 0 saturated carbocycles. The standard InChI is InChI=1S/C17H15BrN2O3/c1-2-14(11-4-3-5-13(18)8-11)19-20-17(21)12-6-7-15-16(9-12)23-10-22-15/h3-9H,2,10H2,1H3,(H,20,21)/b19-14-. The van der Waals surface area contributed by atoms with Gasteiger partial charge in [0.1, 0.15) is 0 Å². The van der Waals surface area contributed by atoms with Crippen molar-refractivity contribution in [3.63, 3.8) is 0 Å². The van der Waals surface area contributed by atoms with Gasteiger partial charge >= 0.3 is 0 Å². The first-order chi connectivity index (χ1) is 11.2. The third-order valence-corrected chi connectivity index (χ3v) is 3.91. The number of hydrogen-bond donors (Lipinski definition) is 1. The first-order valence-electron chi connectivity index (χ1n) is 7.20. The largest absolute Gasteiger partial charge is 0.454 e. The number of hydrogen-bond acceptors (Lipinski definition) is 4. The fourth-order valence-corrected chi connectivity index (χ4v) is 2.64. The minimum absolute atomic E-state index is 0.182. The lowest BCUT2D eigenvalue weighted by Crippen LogP contribution is -2.20. The molecule has 1 amide bonds. The van der Waals surface area contributed by atoms with Crippen LogP contribution >= 0.6 is 15.9 Å². The van der Waals surface area contributed by atoms with Crippen LogP contribution in [0.25, 0.3) is 0 Å². The lowest BCUT2D eigenvalue weighted by Gasteiger charge is -2.06. The Balaban J connectivity index is 1.76. The van der Waals surface area contributed by atoms with Gasteiger partial charge in [-0.15, -0.1) is 0 Å². The maximum Gasteiger partial charge on any atom is 0.271 e. The van der Waals surface area contributed by atoms with Crippen LogP contribution in [0.3, 0.4) is 0 Å². The quantitative estimate of drug-likeness (QED) is 0.655. The zero-order valence-electron chi connectivity index (χ0n) is 12.5. The second-order valence-electron chi connectivity index (χ2n) is 4.93. The maximum absolute atomic E-state index is 12.2. The Morgan fingerprint density at radius 3 is 2.78 bits per heavy atom. The highest BCUT2D eigenvalue weighted by molar-refractivity contribution is 9.10. The molecule has 0 unspecified atom stereocenters. The highest BCUT2D eigenvalue weighted by Crippen LogP contribution is 2.32. The summed E-state index contributed by atoms with van der Waals surface area (Å²) >= 11 is 3.44. The van der Waals surface area contributed by atoms with Gasteiger partial charge in [-0.2, -0.15) is 5.10 Å². The van der Waals surface area contributed by atoms with Crippen LogP contribution in [0.1, 0.15) is 29.3 Å². The second-order valence-corrected chi connectivity index (χ2v) is 5.85. The molecule has 0 atom stereocenters. The van der Waals surface area contributed by atoms with E-state index >= 15 is 0 Å². The predicted molar refractivity (Wildman–Crippen MR) is 91.0 cm³/mol. The van der Waals surface area contributed by atoms with E-state index in [0.717, 1.165) is 15.7 Å². The van der Waals surface area contributed by atoms with Crippen LogP contribution < -0.4 is 14.9 Å². The lowest BCUT2D eigenvalue weighted by atomic mass is 10.1. The van der Waals surface area contributed by atoms with Gasteiger partial charge in [0, 0.05) is 10.0 Å². The molecule has 0 fully saturated rings. The number of benzene rings is 2. The van der Waals surface area contributed by atoms with E-state index in [2.05, 4.69) is 26.5 Å². The summed E-state index contributed by atoms with van der Waals surface area (Å²) in [5.74, 6) is 0.932. The first-order valence-corrected chi connectivity index (χ1v) is 7.99. The Labute approximate surface area is 142 Å². The number of carbonyl (C=O) groups is 1. The molecule has 0 bridgehead atoms. The fourth-order valence-electron chi connectivity index (χ4n) is 2.24. The zero-order chi connectivity index (χ0) is 16.2. The molecule has 0 saturated heterocycles. The molecule has 1 aliphatic rings. The van der Waals surface area contributed by atoms with Crippen LogP contribution in [0, 0.1) is 0 Å². The second kappa shape index (κ2) is 6.83. The first kappa shape index (κ1) is 15.6. The lowest BCUT2D eigenvalue weighted by molar-refractivity contribution is 0.0954. The molecule has 1 aliphatic heterocycles. The molecule has 0 spiro atoms. The van der Waals surface area contributed by atoms with E-state index in [-0.39, 0.29) is 12.7 Å². The molecule has 2 aromatic carbocycles. The number of halogens is 1. The number of carbonyl (C=O) groups excluding carboxylic acids is 1. The van der Waals surface area contributed by atoms with E-state index in [1.807, 2.05) is 31.2 Å². The molecule has 118 valence electrons. The van der Waals surface area contributed by atoms with Crippen molar-refractivity contribution in [2.45, 2.75) is 13.3 Å². The third kappa shape index (κ3) is 3.53. The Kier molecular flexibility index (Phi) is 4.62. The number of fused-ring (bicyclic) bond motifs is 1. The smallest absolute Gasteiger partial charge is 0.271 e. The van der Waals surface area contributed by atoms with Crippen molar-refractivity contribution in [2.24, 2.45) is 5.10 Å². The summed E-state index contributed by atoms with van der Waals surface area (Å²) in [6, 6.07) is 12.9. The fraction of sp³-hybridized carbons (Fsp3) is 0.176. The van der Waals surface area contributed by atoms with Gasteiger partial charge in [0.25, 0.3) is 5.91 Å². The van der Waals surface area contributed by atoms with Crippen LogP contribution in [0.4, 0.5) is 0 Å². The van der Waals surface area contributed by atoms with Crippen LogP contribution in [-0.4, -0.2) is 18.4 Å². The van der Waals surface area contributed by atoms with Crippen LogP contribution in [0.15, 0.2) is 52.0 Å². The average Bonchev–Trinajstić information content (AvgIpc) is 3.03. The van der Waals surface area contributed by atoms with Gasteiger partial charge in [0.05, 0.1) is 5.71 Å². The number of ether oxygens (including phenoxy) is 2. The van der Waals surface area contributed by atoms with Gasteiger partial charge in [-0.1, -0.05) is 35.0 Å². The summed E-state index contributed by atoms with van der Waals surface area (Å²) in [6.45, 7) is 2.17. The molecule has 0 aliphatic carbocycles. The molecule has 1 heterocycles. The minimum Gasteiger partial charge on any atom is -0.454 e. The number of amides is 1. The van der Waals surface area contributed by atoms with E-state index in [9.17, 15) is 4.79 Å². The van der Waals surface area contributed by atoms with Crippen molar-refractivity contribution in [1.29, 1.82) is 0 Å². The average molecular weight is 375 g/mol. The highest BCUT2D eigenvalue weighted by atomic mass is 79.9. The van der Waals surface area contributed by atoms with E-state index < -0.39 is 0 Å². The molecule has 1 N–H and O–H groups in total. The molecule has 23 heavy (non-hydrogen) atoms. The Morgan fingerprint density at radius 2 is 2.00 bits per heavy atom. The Morgan fingerprint density at radius 1 is 1.17 bits per heavy atom. The van der Waals surface area contributed by atoms with Crippen molar-refractivity contribution in [3.8, 4) is 11.5 Å². The van der Waals surface area contributed by atoms with E-state index in [0.29, 0.717) is 23.5 Å². The monoisotopic (exact) mass is 374 g/mol. The third-order valence-electron chi connectivity index (χ3n) is 3.42. The molecule has 2 aromatic rings. The Bertz CT molecular complexity index is 774. The summed E-state index contributed by atoms with van der Waals surface area (Å²) in [7, 11) is 0. The zero-order valence-corrected chi connectivity index (χ0v) is 14.1. The van der Waals surface area contributed by atoms with Gasteiger partial charge in [-0.25, -0.2) is 5.43 Å². The molecule has 5 nitrogen and oxygen atoms in total. The van der Waals surface area contributed by atoms with Gasteiger partial charge < -0.3 is 9.47 Å². The molecule has 3 rings (SSSR count). The molecule has 6 heteroatoms. The van der Waals surface area contributed by atoms with Gasteiger partial charge in [0.15, 0.2) is 11.5 Å². The van der Waals surface area contributed by atoms with Crippen molar-refractivity contribution in [3.05, 3.63) is 58.1 Å². The van der Waals surface area contributed by atoms with Crippen molar-refractivity contribution < 1.29 is 14.3 Å². The van der Waals surface area contributed by atoms with Crippen LogP contribution in [0.2, 0.25) is 0 Å². The van der Waals surface area contributed by atoms with Gasteiger partial charge in [-0.3, -0.25) is 4.79 Å². The minimum atomic E-state index is -0.288. The van der Waals surface area contributed by atoms with Crippen LogP contribution in [0.5, 0.6) is 11.5 Å². The van der Waals surface area contributed by atoms with Gasteiger partial charge in [0.2, 0.25) is 6.79 Å². The molecular weight excluding hydrogens is 360 g/mol. The predicted octanol–water partition coefficient (Wildman–Crippen LogP) is 3.72. The summed E-state index contributed by atoms with van der Waals surface area (Å²) in [4.78, 5) is 12.2. The summed E-state index contributed by atoms with van der Waals surface area (Å²) in [5.41, 5.74) is 4.84. The van der Waals surface area contributed by atoms with E-state index in [1.165, 1.54) is 0 Å². The number of rotatable bonds is 4. The number of hydrazone groups is 1. The van der Waals surface area contributed by atoms with Gasteiger partial charge in [-0.05, 0) is 42.3 Å². The van der Waals surface area contributed by atoms with Crippen molar-refractivity contribution in [2.75, 3.05) is 6.79 Å².